The first kappa shape index (κ1) is 11.9. The summed E-state index contributed by atoms with van der Waals surface area (Å²) < 4.78 is 5.87. The maximum Gasteiger partial charge on any atom is 0.129 e. The van der Waals surface area contributed by atoms with Crippen molar-refractivity contribution in [3.63, 3.8) is 0 Å². The summed E-state index contributed by atoms with van der Waals surface area (Å²) in [7, 11) is 0. The van der Waals surface area contributed by atoms with Gasteiger partial charge in [-0.3, -0.25) is 0 Å². The van der Waals surface area contributed by atoms with E-state index in [4.69, 9.17) is 4.74 Å². The summed E-state index contributed by atoms with van der Waals surface area (Å²) in [5, 5.41) is 9.19. The van der Waals surface area contributed by atoms with Crippen molar-refractivity contribution >= 4 is 5.82 Å². The fourth-order valence-corrected chi connectivity index (χ4v) is 3.10. The normalized spacial score (nSPS) is 27.9. The molecule has 2 heterocycles. The van der Waals surface area contributed by atoms with Gasteiger partial charge < -0.3 is 14.7 Å². The van der Waals surface area contributed by atoms with Crippen LogP contribution in [0.5, 0.6) is 0 Å². The molecular formula is C14H20N2O2. The number of nitrogens with zero attached hydrogens (tertiary/aromatic N) is 2. The van der Waals surface area contributed by atoms with Crippen molar-refractivity contribution < 1.29 is 9.84 Å². The third-order valence-electron chi connectivity index (χ3n) is 3.98. The minimum absolute atomic E-state index is 0.00623. The van der Waals surface area contributed by atoms with Crippen LogP contribution in [0, 0.1) is 0 Å². The lowest BCUT2D eigenvalue weighted by Gasteiger charge is -2.44. The predicted molar refractivity (Wildman–Crippen MR) is 69.5 cm³/mol. The highest BCUT2D eigenvalue weighted by atomic mass is 16.5. The van der Waals surface area contributed by atoms with E-state index in [9.17, 15) is 5.11 Å². The number of ether oxygens (including phenoxy) is 1. The van der Waals surface area contributed by atoms with Crippen molar-refractivity contribution in [2.75, 3.05) is 18.1 Å². The van der Waals surface area contributed by atoms with Crippen LogP contribution in [0.25, 0.3) is 0 Å². The summed E-state index contributed by atoms with van der Waals surface area (Å²) in [6.45, 7) is 1.70. The molecule has 0 amide bonds. The Morgan fingerprint density at radius 1 is 1.33 bits per heavy atom. The molecule has 0 aromatic carbocycles. The molecule has 3 rings (SSSR count). The number of hydrogen-bond acceptors (Lipinski definition) is 4. The molecule has 1 aromatic heterocycles. The van der Waals surface area contributed by atoms with Gasteiger partial charge in [-0.25, -0.2) is 4.98 Å². The maximum absolute atomic E-state index is 9.19. The first-order chi connectivity index (χ1) is 8.88. The van der Waals surface area contributed by atoms with Crippen molar-refractivity contribution in [3.05, 3.63) is 23.9 Å². The Balaban J connectivity index is 1.84. The van der Waals surface area contributed by atoms with Crippen LogP contribution in [0.15, 0.2) is 18.2 Å². The number of pyridine rings is 1. The monoisotopic (exact) mass is 248 g/mol. The van der Waals surface area contributed by atoms with Crippen LogP contribution in [0.2, 0.25) is 0 Å². The lowest BCUT2D eigenvalue weighted by molar-refractivity contribution is -0.00900. The van der Waals surface area contributed by atoms with Gasteiger partial charge in [-0.2, -0.15) is 0 Å². The number of hydrogen-bond donors (Lipinski definition) is 1. The van der Waals surface area contributed by atoms with E-state index in [1.54, 1.807) is 0 Å². The molecule has 2 fully saturated rings. The maximum atomic E-state index is 9.19. The Morgan fingerprint density at radius 3 is 3.11 bits per heavy atom. The molecule has 0 bridgehead atoms. The van der Waals surface area contributed by atoms with E-state index in [1.165, 1.54) is 25.7 Å². The standard InChI is InChI=1S/C14H20N2O2/c17-10-11-4-3-7-14(15-11)16-8-9-18-13-6-2-1-5-12(13)16/h3-4,7,12-13,17H,1-2,5-6,8-10H2. The summed E-state index contributed by atoms with van der Waals surface area (Å²) in [5.74, 6) is 0.988. The molecule has 1 N–H and O–H groups in total. The molecular weight excluding hydrogens is 228 g/mol. The van der Waals surface area contributed by atoms with Crippen LogP contribution in [0.4, 0.5) is 5.82 Å². The zero-order valence-electron chi connectivity index (χ0n) is 10.6. The van der Waals surface area contributed by atoms with Crippen molar-refractivity contribution in [2.24, 2.45) is 0 Å². The first-order valence-corrected chi connectivity index (χ1v) is 6.83. The van der Waals surface area contributed by atoms with Gasteiger partial charge in [0.15, 0.2) is 0 Å². The Labute approximate surface area is 108 Å². The predicted octanol–water partition coefficient (Wildman–Crippen LogP) is 1.72. The van der Waals surface area contributed by atoms with Gasteiger partial charge in [-0.15, -0.1) is 0 Å². The molecule has 98 valence electrons. The Morgan fingerprint density at radius 2 is 2.22 bits per heavy atom. The topological polar surface area (TPSA) is 45.6 Å². The van der Waals surface area contributed by atoms with Gasteiger partial charge in [-0.05, 0) is 25.0 Å². The summed E-state index contributed by atoms with van der Waals surface area (Å²) in [6, 6.07) is 6.34. The summed E-state index contributed by atoms with van der Waals surface area (Å²) >= 11 is 0. The number of morpholine rings is 1. The minimum atomic E-state index is 0.00623. The number of fused-ring (bicyclic) bond motifs is 1. The number of aliphatic hydroxyl groups excluding tert-OH is 1. The number of rotatable bonds is 2. The van der Waals surface area contributed by atoms with Gasteiger partial charge in [0, 0.05) is 6.54 Å². The molecule has 2 atom stereocenters. The molecule has 18 heavy (non-hydrogen) atoms. The van der Waals surface area contributed by atoms with E-state index < -0.39 is 0 Å². The van der Waals surface area contributed by atoms with Crippen LogP contribution in [0.3, 0.4) is 0 Å². The van der Waals surface area contributed by atoms with Crippen molar-refractivity contribution in [2.45, 2.75) is 44.4 Å². The average Bonchev–Trinajstić information content (AvgIpc) is 2.47. The van der Waals surface area contributed by atoms with Crippen LogP contribution in [0.1, 0.15) is 31.4 Å². The second-order valence-electron chi connectivity index (χ2n) is 5.10. The van der Waals surface area contributed by atoms with Crippen molar-refractivity contribution in [3.8, 4) is 0 Å². The second-order valence-corrected chi connectivity index (χ2v) is 5.10. The first-order valence-electron chi connectivity index (χ1n) is 6.83. The van der Waals surface area contributed by atoms with Crippen LogP contribution in [-0.2, 0) is 11.3 Å². The Kier molecular flexibility index (Phi) is 3.48. The molecule has 1 aliphatic heterocycles. The highest BCUT2D eigenvalue weighted by Gasteiger charge is 2.34. The van der Waals surface area contributed by atoms with E-state index in [0.29, 0.717) is 12.1 Å². The summed E-state index contributed by atoms with van der Waals surface area (Å²) in [6.07, 6.45) is 5.28. The fraction of sp³-hybridized carbons (Fsp3) is 0.643. The molecule has 1 saturated heterocycles. The molecule has 2 aliphatic rings. The van der Waals surface area contributed by atoms with E-state index in [0.717, 1.165) is 24.7 Å². The van der Waals surface area contributed by atoms with Gasteiger partial charge in [0.25, 0.3) is 0 Å². The largest absolute Gasteiger partial charge is 0.390 e. The lowest BCUT2D eigenvalue weighted by Crippen LogP contribution is -2.53. The van der Waals surface area contributed by atoms with Gasteiger partial charge >= 0.3 is 0 Å². The second kappa shape index (κ2) is 5.24. The highest BCUT2D eigenvalue weighted by Crippen LogP contribution is 2.31. The zero-order chi connectivity index (χ0) is 12.4. The van der Waals surface area contributed by atoms with E-state index in [1.807, 2.05) is 18.2 Å². The van der Waals surface area contributed by atoms with Crippen LogP contribution in [-0.4, -0.2) is 35.4 Å². The smallest absolute Gasteiger partial charge is 0.129 e. The Hall–Kier alpha value is -1.13. The van der Waals surface area contributed by atoms with Crippen LogP contribution < -0.4 is 4.90 Å². The summed E-state index contributed by atoms with van der Waals surface area (Å²) in [5.41, 5.74) is 0.742. The van der Waals surface area contributed by atoms with Crippen molar-refractivity contribution in [1.82, 2.24) is 4.98 Å². The van der Waals surface area contributed by atoms with Gasteiger partial charge in [0.05, 0.1) is 31.1 Å². The molecule has 4 nitrogen and oxygen atoms in total. The number of anilines is 1. The Bertz CT molecular complexity index is 409. The molecule has 0 spiro atoms. The SMILES string of the molecule is OCc1cccc(N2CCOC3CCCCC32)n1. The fourth-order valence-electron chi connectivity index (χ4n) is 3.10. The zero-order valence-corrected chi connectivity index (χ0v) is 10.6. The molecule has 0 radical (unpaired) electrons. The third kappa shape index (κ3) is 2.22. The van der Waals surface area contributed by atoms with Crippen LogP contribution >= 0.6 is 0 Å². The molecule has 1 saturated carbocycles. The van der Waals surface area contributed by atoms with Gasteiger partial charge in [0.2, 0.25) is 0 Å². The van der Waals surface area contributed by atoms with Crippen molar-refractivity contribution in [1.29, 1.82) is 0 Å². The molecule has 1 aliphatic carbocycles. The van der Waals surface area contributed by atoms with E-state index in [2.05, 4.69) is 9.88 Å². The highest BCUT2D eigenvalue weighted by molar-refractivity contribution is 5.41. The number of aliphatic hydroxyl groups is 1. The van der Waals surface area contributed by atoms with Gasteiger partial charge in [-0.1, -0.05) is 18.9 Å². The molecule has 2 unspecified atom stereocenters. The average molecular weight is 248 g/mol. The third-order valence-corrected chi connectivity index (χ3v) is 3.98. The minimum Gasteiger partial charge on any atom is -0.390 e. The summed E-state index contributed by atoms with van der Waals surface area (Å²) in [4.78, 5) is 6.89. The molecule has 4 heteroatoms. The quantitative estimate of drug-likeness (QED) is 0.865. The number of aromatic nitrogens is 1. The molecule has 1 aromatic rings. The van der Waals surface area contributed by atoms with E-state index >= 15 is 0 Å². The van der Waals surface area contributed by atoms with Gasteiger partial charge in [0.1, 0.15) is 5.82 Å². The lowest BCUT2D eigenvalue weighted by atomic mass is 9.90. The van der Waals surface area contributed by atoms with E-state index in [-0.39, 0.29) is 6.61 Å².